The van der Waals surface area contributed by atoms with E-state index in [0.717, 1.165) is 74.0 Å². The summed E-state index contributed by atoms with van der Waals surface area (Å²) in [5.74, 6) is 0.882. The van der Waals surface area contributed by atoms with Crippen molar-refractivity contribution in [2.75, 3.05) is 52.4 Å². The fourth-order valence-corrected chi connectivity index (χ4v) is 5.48. The molecule has 1 aliphatic heterocycles. The average molecular weight is 604 g/mol. The molecule has 0 aliphatic carbocycles. The molecule has 1 amide bonds. The molecule has 3 aromatic rings. The van der Waals surface area contributed by atoms with E-state index in [1.807, 2.05) is 32.9 Å². The monoisotopic (exact) mass is 603 g/mol. The Bertz CT molecular complexity index is 1310. The lowest BCUT2D eigenvalue weighted by atomic mass is 9.88. The summed E-state index contributed by atoms with van der Waals surface area (Å²) in [6.07, 6.45) is 1.48. The normalized spacial score (nSPS) is 15.1. The molecule has 1 aliphatic rings. The maximum absolute atomic E-state index is 11.8. The summed E-state index contributed by atoms with van der Waals surface area (Å²) in [5.41, 5.74) is 5.59. The van der Waals surface area contributed by atoms with Gasteiger partial charge in [0.05, 0.1) is 0 Å². The van der Waals surface area contributed by atoms with Crippen LogP contribution < -0.4 is 10.1 Å². The Labute approximate surface area is 262 Å². The number of piperazine rings is 1. The van der Waals surface area contributed by atoms with Crippen LogP contribution in [0.2, 0.25) is 5.02 Å². The zero-order chi connectivity index (χ0) is 30.7. The van der Waals surface area contributed by atoms with Crippen LogP contribution in [0.5, 0.6) is 5.75 Å². The number of nitrogens with one attached hydrogen (secondary N) is 1. The summed E-state index contributed by atoms with van der Waals surface area (Å²) in [6, 6.07) is 27.2. The van der Waals surface area contributed by atoms with Gasteiger partial charge in [-0.3, -0.25) is 4.90 Å². The number of ether oxygens (including phenoxy) is 2. The Hall–Kier alpha value is -3.32. The van der Waals surface area contributed by atoms with Gasteiger partial charge in [0.25, 0.3) is 0 Å². The number of amides is 1. The van der Waals surface area contributed by atoms with E-state index in [1.54, 1.807) is 0 Å². The van der Waals surface area contributed by atoms with Gasteiger partial charge in [0.2, 0.25) is 0 Å². The van der Waals surface area contributed by atoms with Crippen molar-refractivity contribution in [1.82, 2.24) is 15.1 Å². The number of benzene rings is 3. The molecule has 1 N–H and O–H groups in total. The second-order valence-electron chi connectivity index (χ2n) is 11.9. The highest BCUT2D eigenvalue weighted by Gasteiger charge is 2.18. The minimum absolute atomic E-state index is 0.344. The van der Waals surface area contributed by atoms with Crippen molar-refractivity contribution in [3.63, 3.8) is 0 Å². The lowest BCUT2D eigenvalue weighted by Gasteiger charge is -2.34. The van der Waals surface area contributed by atoms with Crippen molar-refractivity contribution in [1.29, 1.82) is 0 Å². The van der Waals surface area contributed by atoms with Crippen LogP contribution >= 0.6 is 11.6 Å². The molecule has 1 heterocycles. The van der Waals surface area contributed by atoms with E-state index in [-0.39, 0.29) is 6.09 Å². The van der Waals surface area contributed by atoms with Crippen LogP contribution in [0.4, 0.5) is 4.79 Å². The zero-order valence-corrected chi connectivity index (χ0v) is 26.8. The SMILES string of the molecule is CC/C(=C(/c1ccc(Cl)cc1)c1ccc(OCCN2CCN(CCCNC(=O)OC(C)(C)C)CC2)cc1)c1ccccc1. The van der Waals surface area contributed by atoms with Crippen LogP contribution in [0.25, 0.3) is 11.1 Å². The van der Waals surface area contributed by atoms with Crippen molar-refractivity contribution >= 4 is 28.8 Å². The Kier molecular flexibility index (Phi) is 12.1. The van der Waals surface area contributed by atoms with Crippen molar-refractivity contribution < 1.29 is 14.3 Å². The first-order chi connectivity index (χ1) is 20.7. The van der Waals surface area contributed by atoms with Crippen LogP contribution in [0.1, 0.15) is 57.2 Å². The van der Waals surface area contributed by atoms with Gasteiger partial charge in [-0.15, -0.1) is 0 Å². The van der Waals surface area contributed by atoms with Gasteiger partial charge in [0.1, 0.15) is 18.0 Å². The third-order valence-corrected chi connectivity index (χ3v) is 7.77. The molecule has 3 aromatic carbocycles. The predicted molar refractivity (Wildman–Crippen MR) is 178 cm³/mol. The van der Waals surface area contributed by atoms with E-state index in [2.05, 4.69) is 88.8 Å². The Morgan fingerprint density at radius 1 is 0.814 bits per heavy atom. The first-order valence-electron chi connectivity index (χ1n) is 15.4. The van der Waals surface area contributed by atoms with Crippen LogP contribution in [-0.2, 0) is 4.74 Å². The highest BCUT2D eigenvalue weighted by atomic mass is 35.5. The van der Waals surface area contributed by atoms with Gasteiger partial charge in [0.15, 0.2) is 0 Å². The van der Waals surface area contributed by atoms with Crippen molar-refractivity contribution in [3.05, 3.63) is 101 Å². The molecule has 43 heavy (non-hydrogen) atoms. The molecule has 1 fully saturated rings. The zero-order valence-electron chi connectivity index (χ0n) is 26.1. The number of halogens is 1. The van der Waals surface area contributed by atoms with Gasteiger partial charge in [-0.2, -0.15) is 0 Å². The first kappa shape index (κ1) is 32.6. The van der Waals surface area contributed by atoms with Crippen LogP contribution in [0.3, 0.4) is 0 Å². The van der Waals surface area contributed by atoms with Gasteiger partial charge in [0, 0.05) is 44.3 Å². The fraction of sp³-hybridized carbons (Fsp3) is 0.417. The van der Waals surface area contributed by atoms with Gasteiger partial charge in [-0.25, -0.2) is 4.79 Å². The summed E-state index contributed by atoms with van der Waals surface area (Å²) in [5, 5.41) is 3.58. The average Bonchev–Trinajstić information content (AvgIpc) is 2.99. The summed E-state index contributed by atoms with van der Waals surface area (Å²) in [7, 11) is 0. The van der Waals surface area contributed by atoms with E-state index < -0.39 is 5.60 Å². The smallest absolute Gasteiger partial charge is 0.407 e. The molecule has 0 atom stereocenters. The van der Waals surface area contributed by atoms with Crippen LogP contribution in [0.15, 0.2) is 78.9 Å². The molecule has 6 nitrogen and oxygen atoms in total. The second kappa shape index (κ2) is 15.9. The standard InChI is InChI=1S/C36H46ClN3O3/c1-5-33(28-10-7-6-8-11-28)34(29-12-16-31(37)17-13-29)30-14-18-32(19-15-30)42-27-26-40-24-22-39(23-25-40)21-9-20-38-35(41)43-36(2,3)4/h6-8,10-19H,5,9,20-27H2,1-4H3,(H,38,41)/b34-33+. The molecular formula is C36H46ClN3O3. The number of carbonyl (C=O) groups is 1. The number of hydrogen-bond acceptors (Lipinski definition) is 5. The molecular weight excluding hydrogens is 558 g/mol. The van der Waals surface area contributed by atoms with E-state index in [9.17, 15) is 4.79 Å². The summed E-state index contributed by atoms with van der Waals surface area (Å²) < 4.78 is 11.5. The fourth-order valence-electron chi connectivity index (χ4n) is 5.35. The predicted octanol–water partition coefficient (Wildman–Crippen LogP) is 7.62. The minimum Gasteiger partial charge on any atom is -0.492 e. The molecule has 0 aromatic heterocycles. The molecule has 0 bridgehead atoms. The Balaban J connectivity index is 1.26. The maximum atomic E-state index is 11.8. The largest absolute Gasteiger partial charge is 0.492 e. The van der Waals surface area contributed by atoms with E-state index >= 15 is 0 Å². The topological polar surface area (TPSA) is 54.0 Å². The molecule has 7 heteroatoms. The van der Waals surface area contributed by atoms with Crippen molar-refractivity contribution in [3.8, 4) is 5.75 Å². The van der Waals surface area contributed by atoms with E-state index in [1.165, 1.54) is 16.7 Å². The summed E-state index contributed by atoms with van der Waals surface area (Å²) in [4.78, 5) is 16.7. The number of nitrogens with zero attached hydrogens (tertiary/aromatic N) is 2. The quantitative estimate of drug-likeness (QED) is 0.170. The molecule has 0 radical (unpaired) electrons. The Morgan fingerprint density at radius 2 is 1.40 bits per heavy atom. The number of allylic oxidation sites excluding steroid dienone is 1. The molecule has 230 valence electrons. The van der Waals surface area contributed by atoms with Crippen LogP contribution in [0, 0.1) is 0 Å². The third-order valence-electron chi connectivity index (χ3n) is 7.51. The summed E-state index contributed by atoms with van der Waals surface area (Å²) >= 11 is 6.22. The lowest BCUT2D eigenvalue weighted by Crippen LogP contribution is -2.48. The van der Waals surface area contributed by atoms with E-state index in [4.69, 9.17) is 21.1 Å². The maximum Gasteiger partial charge on any atom is 0.407 e. The highest BCUT2D eigenvalue weighted by molar-refractivity contribution is 6.30. The molecule has 1 saturated heterocycles. The van der Waals surface area contributed by atoms with Gasteiger partial charge in [-0.1, -0.05) is 73.1 Å². The van der Waals surface area contributed by atoms with Crippen molar-refractivity contribution in [2.24, 2.45) is 0 Å². The summed E-state index contributed by atoms with van der Waals surface area (Å²) in [6.45, 7) is 15.1. The molecule has 0 saturated carbocycles. The number of hydrogen-bond donors (Lipinski definition) is 1. The van der Waals surface area contributed by atoms with Gasteiger partial charge >= 0.3 is 6.09 Å². The molecule has 4 rings (SSSR count). The Morgan fingerprint density at radius 3 is 1.98 bits per heavy atom. The number of rotatable bonds is 12. The molecule has 0 spiro atoms. The van der Waals surface area contributed by atoms with E-state index in [0.29, 0.717) is 13.2 Å². The lowest BCUT2D eigenvalue weighted by molar-refractivity contribution is 0.0523. The third kappa shape index (κ3) is 10.4. The highest BCUT2D eigenvalue weighted by Crippen LogP contribution is 2.35. The second-order valence-corrected chi connectivity index (χ2v) is 12.4. The molecule has 0 unspecified atom stereocenters. The number of alkyl carbamates (subject to hydrolysis) is 1. The minimum atomic E-state index is -0.465. The first-order valence-corrected chi connectivity index (χ1v) is 15.8. The van der Waals surface area contributed by atoms with Gasteiger partial charge < -0.3 is 19.7 Å². The van der Waals surface area contributed by atoms with Crippen LogP contribution in [-0.4, -0.2) is 73.9 Å². The van der Waals surface area contributed by atoms with Gasteiger partial charge in [-0.05, 0) is 92.3 Å². The number of carbonyl (C=O) groups excluding carboxylic acids is 1. The van der Waals surface area contributed by atoms with Crippen molar-refractivity contribution in [2.45, 2.75) is 46.1 Å².